The Kier molecular flexibility index (Phi) is 4.14. The van der Waals surface area contributed by atoms with Crippen LogP contribution in [0.2, 0.25) is 0 Å². The fraction of sp³-hybridized carbons (Fsp3) is 0.235. The van der Waals surface area contributed by atoms with Gasteiger partial charge in [-0.2, -0.15) is 0 Å². The maximum Gasteiger partial charge on any atom is 0.269 e. The molecule has 2 amide bonds. The first-order valence-electron chi connectivity index (χ1n) is 7.33. The molecule has 0 bridgehead atoms. The van der Waals surface area contributed by atoms with Crippen LogP contribution in [-0.4, -0.2) is 23.3 Å². The van der Waals surface area contributed by atoms with Crippen molar-refractivity contribution in [2.75, 3.05) is 11.9 Å². The van der Waals surface area contributed by atoms with Gasteiger partial charge in [0.25, 0.3) is 5.91 Å². The number of carbonyl (C=O) groups excluding carboxylic acids is 2. The molecule has 1 aliphatic rings. The van der Waals surface area contributed by atoms with E-state index in [1.54, 1.807) is 24.4 Å². The molecule has 0 unspecified atom stereocenters. The van der Waals surface area contributed by atoms with Crippen molar-refractivity contribution in [1.82, 2.24) is 10.3 Å². The molecule has 1 aromatic carbocycles. The molecule has 5 heteroatoms. The lowest BCUT2D eigenvalue weighted by Gasteiger charge is -2.17. The van der Waals surface area contributed by atoms with Crippen LogP contribution in [0.4, 0.5) is 5.69 Å². The van der Waals surface area contributed by atoms with Crippen LogP contribution in [-0.2, 0) is 17.6 Å². The minimum Gasteiger partial charge on any atom is -0.350 e. The van der Waals surface area contributed by atoms with Crippen LogP contribution < -0.4 is 10.6 Å². The summed E-state index contributed by atoms with van der Waals surface area (Å²) in [7, 11) is 0. The lowest BCUT2D eigenvalue weighted by atomic mass is 9.99. The van der Waals surface area contributed by atoms with Crippen molar-refractivity contribution in [3.8, 4) is 0 Å². The maximum atomic E-state index is 11.9. The Morgan fingerprint density at radius 3 is 2.95 bits per heavy atom. The van der Waals surface area contributed by atoms with Gasteiger partial charge in [-0.3, -0.25) is 14.6 Å². The first-order valence-corrected chi connectivity index (χ1v) is 7.33. The molecule has 3 rings (SSSR count). The van der Waals surface area contributed by atoms with Crippen LogP contribution in [0, 0.1) is 0 Å². The number of fused-ring (bicyclic) bond motifs is 1. The Hall–Kier alpha value is -2.69. The first-order chi connectivity index (χ1) is 10.7. The van der Waals surface area contributed by atoms with Gasteiger partial charge in [-0.05, 0) is 42.2 Å². The fourth-order valence-electron chi connectivity index (χ4n) is 2.50. The molecule has 112 valence electrons. The Morgan fingerprint density at radius 1 is 1.23 bits per heavy atom. The van der Waals surface area contributed by atoms with E-state index in [1.165, 1.54) is 0 Å². The summed E-state index contributed by atoms with van der Waals surface area (Å²) >= 11 is 0. The van der Waals surface area contributed by atoms with Crippen molar-refractivity contribution >= 4 is 17.5 Å². The number of pyridine rings is 1. The van der Waals surface area contributed by atoms with Crippen LogP contribution in [0.15, 0.2) is 42.6 Å². The number of aryl methyl sites for hydroxylation is 1. The highest BCUT2D eigenvalue weighted by Gasteiger charge is 2.14. The minimum absolute atomic E-state index is 0.0721. The third-order valence-electron chi connectivity index (χ3n) is 3.66. The lowest BCUT2D eigenvalue weighted by Crippen LogP contribution is -2.26. The number of amides is 2. The molecule has 0 fully saturated rings. The van der Waals surface area contributed by atoms with Gasteiger partial charge < -0.3 is 10.6 Å². The van der Waals surface area contributed by atoms with Gasteiger partial charge in [-0.1, -0.05) is 18.2 Å². The topological polar surface area (TPSA) is 71.1 Å². The van der Waals surface area contributed by atoms with E-state index in [0.29, 0.717) is 18.7 Å². The van der Waals surface area contributed by atoms with Gasteiger partial charge in [0.1, 0.15) is 5.69 Å². The molecular formula is C17H17N3O2. The molecule has 1 aromatic heterocycles. The second-order valence-corrected chi connectivity index (χ2v) is 5.26. The SMILES string of the molecule is O=C1CCc2cc(CCNC(=O)c3ccccn3)ccc2N1. The van der Waals surface area contributed by atoms with Gasteiger partial charge in [0.05, 0.1) is 0 Å². The van der Waals surface area contributed by atoms with E-state index in [2.05, 4.69) is 21.7 Å². The predicted molar refractivity (Wildman–Crippen MR) is 83.7 cm³/mol. The van der Waals surface area contributed by atoms with E-state index in [9.17, 15) is 9.59 Å². The molecule has 22 heavy (non-hydrogen) atoms. The highest BCUT2D eigenvalue weighted by molar-refractivity contribution is 5.94. The molecule has 0 radical (unpaired) electrons. The molecular weight excluding hydrogens is 278 g/mol. The monoisotopic (exact) mass is 295 g/mol. The second kappa shape index (κ2) is 6.39. The third-order valence-corrected chi connectivity index (χ3v) is 3.66. The Balaban J connectivity index is 1.56. The highest BCUT2D eigenvalue weighted by Crippen LogP contribution is 2.23. The number of hydrogen-bond donors (Lipinski definition) is 2. The lowest BCUT2D eigenvalue weighted by molar-refractivity contribution is -0.116. The van der Waals surface area contributed by atoms with E-state index in [-0.39, 0.29) is 11.8 Å². The van der Waals surface area contributed by atoms with Crippen LogP contribution >= 0.6 is 0 Å². The van der Waals surface area contributed by atoms with Crippen molar-refractivity contribution in [2.45, 2.75) is 19.3 Å². The maximum absolute atomic E-state index is 11.9. The summed E-state index contributed by atoms with van der Waals surface area (Å²) in [5, 5.41) is 5.73. The zero-order valence-corrected chi connectivity index (χ0v) is 12.1. The number of rotatable bonds is 4. The minimum atomic E-state index is -0.161. The molecule has 0 saturated heterocycles. The Labute approximate surface area is 128 Å². The second-order valence-electron chi connectivity index (χ2n) is 5.26. The molecule has 0 saturated carbocycles. The molecule has 2 N–H and O–H groups in total. The van der Waals surface area contributed by atoms with E-state index >= 15 is 0 Å². The molecule has 2 heterocycles. The summed E-state index contributed by atoms with van der Waals surface area (Å²) in [6, 6.07) is 11.3. The summed E-state index contributed by atoms with van der Waals surface area (Å²) in [5.74, 6) is -0.0892. The van der Waals surface area contributed by atoms with Crippen LogP contribution in [0.25, 0.3) is 0 Å². The number of aromatic nitrogens is 1. The summed E-state index contributed by atoms with van der Waals surface area (Å²) in [6.07, 6.45) is 3.66. The molecule has 0 aliphatic carbocycles. The number of carbonyl (C=O) groups is 2. The van der Waals surface area contributed by atoms with Crippen molar-refractivity contribution in [2.24, 2.45) is 0 Å². The smallest absolute Gasteiger partial charge is 0.269 e. The van der Waals surface area contributed by atoms with Crippen molar-refractivity contribution in [1.29, 1.82) is 0 Å². The van der Waals surface area contributed by atoms with Gasteiger partial charge in [-0.15, -0.1) is 0 Å². The summed E-state index contributed by atoms with van der Waals surface area (Å²) in [6.45, 7) is 0.556. The normalized spacial score (nSPS) is 13.2. The summed E-state index contributed by atoms with van der Waals surface area (Å²) < 4.78 is 0. The zero-order chi connectivity index (χ0) is 15.4. The molecule has 1 aliphatic heterocycles. The molecule has 5 nitrogen and oxygen atoms in total. The van der Waals surface area contributed by atoms with Gasteiger partial charge in [0.2, 0.25) is 5.91 Å². The van der Waals surface area contributed by atoms with Crippen LogP contribution in [0.3, 0.4) is 0 Å². The molecule has 2 aromatic rings. The summed E-state index contributed by atoms with van der Waals surface area (Å²) in [4.78, 5) is 27.2. The number of hydrogen-bond acceptors (Lipinski definition) is 3. The van der Waals surface area contributed by atoms with Gasteiger partial charge in [0.15, 0.2) is 0 Å². The molecule has 0 spiro atoms. The van der Waals surface area contributed by atoms with E-state index in [1.807, 2.05) is 12.1 Å². The van der Waals surface area contributed by atoms with E-state index in [4.69, 9.17) is 0 Å². The quantitative estimate of drug-likeness (QED) is 0.905. The predicted octanol–water partition coefficient (Wildman–Crippen LogP) is 1.94. The number of anilines is 1. The Morgan fingerprint density at radius 2 is 2.14 bits per heavy atom. The third kappa shape index (κ3) is 3.31. The average molecular weight is 295 g/mol. The van der Waals surface area contributed by atoms with Gasteiger partial charge in [-0.25, -0.2) is 0 Å². The largest absolute Gasteiger partial charge is 0.350 e. The number of benzene rings is 1. The van der Waals surface area contributed by atoms with E-state index in [0.717, 1.165) is 29.7 Å². The van der Waals surface area contributed by atoms with Gasteiger partial charge >= 0.3 is 0 Å². The van der Waals surface area contributed by atoms with Crippen molar-refractivity contribution in [3.63, 3.8) is 0 Å². The average Bonchev–Trinajstić information content (AvgIpc) is 2.55. The number of nitrogens with zero attached hydrogens (tertiary/aromatic N) is 1. The first kappa shape index (κ1) is 14.3. The Bertz CT molecular complexity index is 698. The summed E-state index contributed by atoms with van der Waals surface area (Å²) in [5.41, 5.74) is 3.64. The fourth-order valence-corrected chi connectivity index (χ4v) is 2.50. The van der Waals surface area contributed by atoms with Crippen LogP contribution in [0.1, 0.15) is 28.0 Å². The highest BCUT2D eigenvalue weighted by atomic mass is 16.2. The standard InChI is InChI=1S/C17H17N3O2/c21-16-7-5-13-11-12(4-6-14(13)20-16)8-10-19-17(22)15-3-1-2-9-18-15/h1-4,6,9,11H,5,7-8,10H2,(H,19,22)(H,20,21). The van der Waals surface area contributed by atoms with Crippen LogP contribution in [0.5, 0.6) is 0 Å². The van der Waals surface area contributed by atoms with Gasteiger partial charge in [0, 0.05) is 24.8 Å². The van der Waals surface area contributed by atoms with E-state index < -0.39 is 0 Å². The van der Waals surface area contributed by atoms with Crippen molar-refractivity contribution in [3.05, 3.63) is 59.4 Å². The van der Waals surface area contributed by atoms with Crippen molar-refractivity contribution < 1.29 is 9.59 Å². The zero-order valence-electron chi connectivity index (χ0n) is 12.1. The number of nitrogens with one attached hydrogen (secondary N) is 2. The molecule has 0 atom stereocenters.